The van der Waals surface area contributed by atoms with E-state index >= 15 is 0 Å². The van der Waals surface area contributed by atoms with Crippen molar-refractivity contribution in [3.63, 3.8) is 0 Å². The monoisotopic (exact) mass is 385 g/mol. The predicted octanol–water partition coefficient (Wildman–Crippen LogP) is 3.66. The second kappa shape index (κ2) is 8.77. The molecule has 0 unspecified atom stereocenters. The van der Waals surface area contributed by atoms with Gasteiger partial charge in [-0.3, -0.25) is 4.79 Å². The van der Waals surface area contributed by atoms with Crippen LogP contribution in [0.3, 0.4) is 0 Å². The summed E-state index contributed by atoms with van der Waals surface area (Å²) in [5.41, 5.74) is 4.40. The van der Waals surface area contributed by atoms with Crippen molar-refractivity contribution in [3.8, 4) is 11.4 Å². The van der Waals surface area contributed by atoms with Crippen molar-refractivity contribution in [1.29, 1.82) is 0 Å². The van der Waals surface area contributed by atoms with Gasteiger partial charge in [-0.1, -0.05) is 48.2 Å². The van der Waals surface area contributed by atoms with E-state index in [0.717, 1.165) is 33.7 Å². The van der Waals surface area contributed by atoms with Crippen LogP contribution >= 0.6 is 23.1 Å². The molecule has 0 bridgehead atoms. The molecule has 0 saturated heterocycles. The van der Waals surface area contributed by atoms with Crippen molar-refractivity contribution >= 4 is 34.7 Å². The second-order valence-electron chi connectivity index (χ2n) is 5.41. The number of benzene rings is 1. The summed E-state index contributed by atoms with van der Waals surface area (Å²) >= 11 is 2.94. The van der Waals surface area contributed by atoms with Crippen LogP contribution in [0, 0.1) is 0 Å². The molecular formula is C18H19N5OS2. The minimum absolute atomic E-state index is 0.169. The Morgan fingerprint density at radius 3 is 2.73 bits per heavy atom. The molecule has 0 saturated carbocycles. The molecule has 6 nitrogen and oxygen atoms in total. The lowest BCUT2D eigenvalue weighted by Crippen LogP contribution is -2.21. The molecule has 0 aliphatic carbocycles. The number of thiophene rings is 1. The van der Waals surface area contributed by atoms with Crippen LogP contribution in [-0.2, 0) is 11.3 Å². The number of rotatable bonds is 7. The summed E-state index contributed by atoms with van der Waals surface area (Å²) in [5, 5.41) is 15.4. The van der Waals surface area contributed by atoms with Crippen molar-refractivity contribution < 1.29 is 4.79 Å². The molecule has 2 heterocycles. The highest BCUT2D eigenvalue weighted by atomic mass is 32.2. The molecule has 134 valence electrons. The minimum atomic E-state index is -0.169. The van der Waals surface area contributed by atoms with E-state index in [1.54, 1.807) is 11.3 Å². The molecule has 1 amide bonds. The Morgan fingerprint density at radius 1 is 1.23 bits per heavy atom. The van der Waals surface area contributed by atoms with Crippen molar-refractivity contribution in [2.45, 2.75) is 25.5 Å². The Kier molecular flexibility index (Phi) is 6.19. The number of thioether (sulfide) groups is 1. The van der Waals surface area contributed by atoms with E-state index in [1.807, 2.05) is 66.3 Å². The van der Waals surface area contributed by atoms with Gasteiger partial charge < -0.3 is 4.57 Å². The molecule has 0 spiro atoms. The van der Waals surface area contributed by atoms with E-state index in [1.165, 1.54) is 11.8 Å². The van der Waals surface area contributed by atoms with Gasteiger partial charge in [-0.05, 0) is 25.3 Å². The zero-order chi connectivity index (χ0) is 18.4. The van der Waals surface area contributed by atoms with Gasteiger partial charge in [0.2, 0.25) is 0 Å². The molecule has 0 aliphatic heterocycles. The quantitative estimate of drug-likeness (QED) is 0.383. The van der Waals surface area contributed by atoms with Crippen LogP contribution in [0.15, 0.2) is 58.1 Å². The average molecular weight is 386 g/mol. The van der Waals surface area contributed by atoms with Gasteiger partial charge in [-0.15, -0.1) is 21.5 Å². The van der Waals surface area contributed by atoms with E-state index < -0.39 is 0 Å². The number of nitrogens with one attached hydrogen (secondary N) is 1. The summed E-state index contributed by atoms with van der Waals surface area (Å²) < 4.78 is 2.01. The number of hydrazone groups is 1. The SMILES string of the molecule is CCn1c(SCC(=O)N/N=C(/C)c2cccs2)nnc1-c1ccccc1. The lowest BCUT2D eigenvalue weighted by Gasteiger charge is -2.07. The van der Waals surface area contributed by atoms with Crippen molar-refractivity contribution in [2.75, 3.05) is 5.75 Å². The summed E-state index contributed by atoms with van der Waals surface area (Å²) in [7, 11) is 0. The van der Waals surface area contributed by atoms with Gasteiger partial charge in [0.05, 0.1) is 11.5 Å². The molecule has 1 aromatic carbocycles. The Hall–Kier alpha value is -2.45. The highest BCUT2D eigenvalue weighted by Crippen LogP contribution is 2.23. The molecule has 0 atom stereocenters. The number of aromatic nitrogens is 3. The van der Waals surface area contributed by atoms with Crippen LogP contribution < -0.4 is 5.43 Å². The summed E-state index contributed by atoms with van der Waals surface area (Å²) in [4.78, 5) is 13.1. The van der Waals surface area contributed by atoms with E-state index in [9.17, 15) is 4.79 Å². The number of amides is 1. The first kappa shape index (κ1) is 18.3. The predicted molar refractivity (Wildman–Crippen MR) is 107 cm³/mol. The third kappa shape index (κ3) is 4.39. The molecule has 1 N–H and O–H groups in total. The van der Waals surface area contributed by atoms with Crippen LogP contribution in [-0.4, -0.2) is 32.1 Å². The van der Waals surface area contributed by atoms with Gasteiger partial charge in [-0.25, -0.2) is 5.43 Å². The van der Waals surface area contributed by atoms with Crippen LogP contribution in [0.1, 0.15) is 18.7 Å². The van der Waals surface area contributed by atoms with E-state index in [-0.39, 0.29) is 11.7 Å². The van der Waals surface area contributed by atoms with Crippen LogP contribution in [0.4, 0.5) is 0 Å². The van der Waals surface area contributed by atoms with E-state index in [2.05, 4.69) is 20.7 Å². The number of nitrogens with zero attached hydrogens (tertiary/aromatic N) is 4. The maximum Gasteiger partial charge on any atom is 0.250 e. The van der Waals surface area contributed by atoms with Crippen LogP contribution in [0.5, 0.6) is 0 Å². The highest BCUT2D eigenvalue weighted by Gasteiger charge is 2.14. The summed E-state index contributed by atoms with van der Waals surface area (Å²) in [5.74, 6) is 0.870. The lowest BCUT2D eigenvalue weighted by molar-refractivity contribution is -0.118. The summed E-state index contributed by atoms with van der Waals surface area (Å²) in [6, 6.07) is 13.8. The van der Waals surface area contributed by atoms with Crippen molar-refractivity contribution in [3.05, 3.63) is 52.7 Å². The Balaban J connectivity index is 1.62. The Labute approximate surface area is 160 Å². The molecular weight excluding hydrogens is 366 g/mol. The smallest absolute Gasteiger partial charge is 0.250 e. The fourth-order valence-corrected chi connectivity index (χ4v) is 3.80. The number of hydrogen-bond donors (Lipinski definition) is 1. The van der Waals surface area contributed by atoms with Crippen LogP contribution in [0.25, 0.3) is 11.4 Å². The number of hydrogen-bond acceptors (Lipinski definition) is 6. The second-order valence-corrected chi connectivity index (χ2v) is 7.30. The molecule has 3 rings (SSSR count). The van der Waals surface area contributed by atoms with Gasteiger partial charge in [0, 0.05) is 17.0 Å². The molecule has 0 fully saturated rings. The molecule has 2 aromatic heterocycles. The fourth-order valence-electron chi connectivity index (χ4n) is 2.33. The summed E-state index contributed by atoms with van der Waals surface area (Å²) in [6.45, 7) is 4.64. The van der Waals surface area contributed by atoms with Gasteiger partial charge >= 0.3 is 0 Å². The summed E-state index contributed by atoms with van der Waals surface area (Å²) in [6.07, 6.45) is 0. The van der Waals surface area contributed by atoms with Gasteiger partial charge in [0.1, 0.15) is 0 Å². The molecule has 3 aromatic rings. The first-order chi connectivity index (χ1) is 12.7. The maximum atomic E-state index is 12.1. The normalized spacial score (nSPS) is 11.5. The zero-order valence-electron chi connectivity index (χ0n) is 14.5. The highest BCUT2D eigenvalue weighted by molar-refractivity contribution is 7.99. The number of carbonyl (C=O) groups is 1. The largest absolute Gasteiger partial charge is 0.302 e. The van der Waals surface area contributed by atoms with Crippen molar-refractivity contribution in [1.82, 2.24) is 20.2 Å². The average Bonchev–Trinajstić information content (AvgIpc) is 3.34. The van der Waals surface area contributed by atoms with E-state index in [0.29, 0.717) is 0 Å². The van der Waals surface area contributed by atoms with Crippen LogP contribution in [0.2, 0.25) is 0 Å². The first-order valence-electron chi connectivity index (χ1n) is 8.17. The van der Waals surface area contributed by atoms with E-state index in [4.69, 9.17) is 0 Å². The molecule has 8 heteroatoms. The third-order valence-corrected chi connectivity index (χ3v) is 5.57. The maximum absolute atomic E-state index is 12.1. The zero-order valence-corrected chi connectivity index (χ0v) is 16.2. The number of carbonyl (C=O) groups excluding carboxylic acids is 1. The first-order valence-corrected chi connectivity index (χ1v) is 10.0. The molecule has 0 aliphatic rings. The topological polar surface area (TPSA) is 72.2 Å². The standard InChI is InChI=1S/C18H19N5OS2/c1-3-23-17(14-8-5-4-6-9-14)21-22-18(23)26-12-16(24)20-19-13(2)15-10-7-11-25-15/h4-11H,3,12H2,1-2H3,(H,20,24)/b19-13-. The van der Waals surface area contributed by atoms with Crippen molar-refractivity contribution in [2.24, 2.45) is 5.10 Å². The minimum Gasteiger partial charge on any atom is -0.302 e. The van der Waals surface area contributed by atoms with Gasteiger partial charge in [0.25, 0.3) is 5.91 Å². The lowest BCUT2D eigenvalue weighted by atomic mass is 10.2. The third-order valence-electron chi connectivity index (χ3n) is 3.62. The molecule has 0 radical (unpaired) electrons. The van der Waals surface area contributed by atoms with Gasteiger partial charge in [0.15, 0.2) is 11.0 Å². The fraction of sp³-hybridized carbons (Fsp3) is 0.222. The van der Waals surface area contributed by atoms with Gasteiger partial charge in [-0.2, -0.15) is 5.10 Å². The molecule has 26 heavy (non-hydrogen) atoms. The Bertz CT molecular complexity index is 888. The Morgan fingerprint density at radius 2 is 2.04 bits per heavy atom.